The van der Waals surface area contributed by atoms with Crippen LogP contribution >= 0.6 is 23.2 Å². The summed E-state index contributed by atoms with van der Waals surface area (Å²) in [4.78, 5) is 7.24. The fourth-order valence-corrected chi connectivity index (χ4v) is 3.23. The van der Waals surface area contributed by atoms with E-state index in [0.29, 0.717) is 45.7 Å². The van der Waals surface area contributed by atoms with Crippen molar-refractivity contribution >= 4 is 34.2 Å². The van der Waals surface area contributed by atoms with Crippen molar-refractivity contribution < 1.29 is 14.9 Å². The van der Waals surface area contributed by atoms with Crippen LogP contribution in [0.4, 0.5) is 0 Å². The molecule has 1 aliphatic heterocycles. The first-order valence-corrected chi connectivity index (χ1v) is 8.34. The predicted molar refractivity (Wildman–Crippen MR) is 89.1 cm³/mol. The molecule has 1 aliphatic rings. The van der Waals surface area contributed by atoms with E-state index >= 15 is 0 Å². The van der Waals surface area contributed by atoms with Gasteiger partial charge in [-0.1, -0.05) is 23.2 Å². The number of aliphatic hydroxyl groups is 2. The Morgan fingerprint density at radius 2 is 2.22 bits per heavy atom. The molecule has 0 unspecified atom stereocenters. The second kappa shape index (κ2) is 7.23. The summed E-state index contributed by atoms with van der Waals surface area (Å²) in [6.07, 6.45) is 1.16. The van der Waals surface area contributed by atoms with Gasteiger partial charge >= 0.3 is 0 Å². The number of nitrogens with one attached hydrogen (secondary N) is 2. The molecule has 0 spiro atoms. The third kappa shape index (κ3) is 3.56. The lowest BCUT2D eigenvalue weighted by atomic mass is 9.93. The normalized spacial score (nSPS) is 21.7. The van der Waals surface area contributed by atoms with Crippen molar-refractivity contribution in [3.63, 3.8) is 0 Å². The number of ether oxygens (including phenoxy) is 1. The summed E-state index contributed by atoms with van der Waals surface area (Å²) in [6.45, 7) is 1.82. The van der Waals surface area contributed by atoms with Gasteiger partial charge in [-0.3, -0.25) is 0 Å². The van der Waals surface area contributed by atoms with Gasteiger partial charge < -0.3 is 25.3 Å². The van der Waals surface area contributed by atoms with Crippen LogP contribution in [0, 0.1) is 5.92 Å². The topological polar surface area (TPSA) is 90.4 Å². The van der Waals surface area contributed by atoms with Crippen LogP contribution in [0.5, 0.6) is 5.75 Å². The number of imidazole rings is 1. The number of halogens is 2. The van der Waals surface area contributed by atoms with Crippen molar-refractivity contribution in [3.8, 4) is 5.75 Å². The standard InChI is InChI=1S/C15H19Cl2N3O3/c16-9-5-10-14(20-12(7-21)19-10)15(13(9)17)23-4-2-8-6-18-3-1-11(8)22/h5,8,11,18,21-22H,1-4,6-7H2,(H,19,20)/t8-,11-/m0/s1. The van der Waals surface area contributed by atoms with Crippen LogP contribution in [0.1, 0.15) is 18.7 Å². The van der Waals surface area contributed by atoms with Crippen molar-refractivity contribution in [2.24, 2.45) is 5.92 Å². The Morgan fingerprint density at radius 3 is 2.96 bits per heavy atom. The number of aliphatic hydroxyl groups excluding tert-OH is 2. The van der Waals surface area contributed by atoms with E-state index in [1.165, 1.54) is 0 Å². The number of H-pyrrole nitrogens is 1. The van der Waals surface area contributed by atoms with Crippen molar-refractivity contribution in [3.05, 3.63) is 21.9 Å². The molecule has 0 aliphatic carbocycles. The first-order chi connectivity index (χ1) is 11.1. The summed E-state index contributed by atoms with van der Waals surface area (Å²) in [5.74, 6) is 0.989. The third-order valence-electron chi connectivity index (χ3n) is 4.13. The van der Waals surface area contributed by atoms with E-state index in [2.05, 4.69) is 15.3 Å². The molecule has 2 aromatic rings. The van der Waals surface area contributed by atoms with Gasteiger partial charge in [-0.05, 0) is 25.5 Å². The van der Waals surface area contributed by atoms with Gasteiger partial charge in [0.2, 0.25) is 0 Å². The Bertz CT molecular complexity index is 692. The number of piperidine rings is 1. The molecule has 0 amide bonds. The second-order valence-electron chi connectivity index (χ2n) is 5.70. The van der Waals surface area contributed by atoms with Gasteiger partial charge in [-0.2, -0.15) is 0 Å². The minimum atomic E-state index is -0.305. The monoisotopic (exact) mass is 359 g/mol. The fraction of sp³-hybridized carbons (Fsp3) is 0.533. The quantitative estimate of drug-likeness (QED) is 0.656. The molecule has 4 N–H and O–H groups in total. The van der Waals surface area contributed by atoms with Crippen molar-refractivity contribution in [2.45, 2.75) is 25.6 Å². The maximum Gasteiger partial charge on any atom is 0.167 e. The summed E-state index contributed by atoms with van der Waals surface area (Å²) in [7, 11) is 0. The molecule has 6 nitrogen and oxygen atoms in total. The van der Waals surface area contributed by atoms with Crippen LogP contribution < -0.4 is 10.1 Å². The Hall–Kier alpha value is -1.05. The average Bonchev–Trinajstić information content (AvgIpc) is 2.95. The minimum absolute atomic E-state index is 0.157. The molecule has 23 heavy (non-hydrogen) atoms. The largest absolute Gasteiger partial charge is 0.490 e. The molecule has 1 saturated heterocycles. The van der Waals surface area contributed by atoms with Crippen LogP contribution in [0.2, 0.25) is 10.0 Å². The highest BCUT2D eigenvalue weighted by molar-refractivity contribution is 6.44. The van der Waals surface area contributed by atoms with E-state index in [1.807, 2.05) is 0 Å². The van der Waals surface area contributed by atoms with E-state index in [4.69, 9.17) is 27.9 Å². The van der Waals surface area contributed by atoms with E-state index in [0.717, 1.165) is 19.5 Å². The third-order valence-corrected chi connectivity index (χ3v) is 4.90. The number of rotatable bonds is 5. The van der Waals surface area contributed by atoms with Gasteiger partial charge in [0.25, 0.3) is 0 Å². The highest BCUT2D eigenvalue weighted by atomic mass is 35.5. The molecular weight excluding hydrogens is 341 g/mol. The van der Waals surface area contributed by atoms with Crippen LogP contribution in [0.15, 0.2) is 6.07 Å². The smallest absolute Gasteiger partial charge is 0.167 e. The van der Waals surface area contributed by atoms with Gasteiger partial charge in [0, 0.05) is 12.5 Å². The number of fused-ring (bicyclic) bond motifs is 1. The number of hydrogen-bond donors (Lipinski definition) is 4. The Morgan fingerprint density at radius 1 is 1.39 bits per heavy atom. The lowest BCUT2D eigenvalue weighted by Crippen LogP contribution is -2.40. The molecule has 2 heterocycles. The zero-order valence-electron chi connectivity index (χ0n) is 12.5. The predicted octanol–water partition coefficient (Wildman–Crippen LogP) is 2.10. The number of hydrogen-bond acceptors (Lipinski definition) is 5. The molecule has 8 heteroatoms. The molecular formula is C15H19Cl2N3O3. The molecule has 3 rings (SSSR count). The first kappa shape index (κ1) is 16.8. The van der Waals surface area contributed by atoms with Gasteiger partial charge in [0.15, 0.2) is 5.75 Å². The van der Waals surface area contributed by atoms with Crippen LogP contribution in [0.25, 0.3) is 11.0 Å². The Kier molecular flexibility index (Phi) is 5.28. The van der Waals surface area contributed by atoms with Crippen LogP contribution in [-0.4, -0.2) is 46.0 Å². The second-order valence-corrected chi connectivity index (χ2v) is 6.48. The van der Waals surface area contributed by atoms with E-state index in [9.17, 15) is 10.2 Å². The molecule has 0 bridgehead atoms. The summed E-state index contributed by atoms with van der Waals surface area (Å²) in [5, 5.41) is 23.1. The lowest BCUT2D eigenvalue weighted by molar-refractivity contribution is 0.0663. The summed E-state index contributed by atoms with van der Waals surface area (Å²) in [5.41, 5.74) is 1.21. The fourth-order valence-electron chi connectivity index (χ4n) is 2.84. The summed E-state index contributed by atoms with van der Waals surface area (Å²) < 4.78 is 5.82. The van der Waals surface area contributed by atoms with E-state index in [-0.39, 0.29) is 18.6 Å². The van der Waals surface area contributed by atoms with Gasteiger partial charge in [0.1, 0.15) is 23.0 Å². The average molecular weight is 360 g/mol. The number of aromatic amines is 1. The van der Waals surface area contributed by atoms with Gasteiger partial charge in [-0.25, -0.2) is 4.98 Å². The van der Waals surface area contributed by atoms with Crippen molar-refractivity contribution in [2.75, 3.05) is 19.7 Å². The summed E-state index contributed by atoms with van der Waals surface area (Å²) in [6, 6.07) is 1.66. The zero-order chi connectivity index (χ0) is 16.4. The Balaban J connectivity index is 1.76. The lowest BCUT2D eigenvalue weighted by Gasteiger charge is -2.28. The molecule has 0 radical (unpaired) electrons. The van der Waals surface area contributed by atoms with E-state index in [1.54, 1.807) is 6.07 Å². The number of aromatic nitrogens is 2. The number of nitrogens with zero attached hydrogens (tertiary/aromatic N) is 1. The van der Waals surface area contributed by atoms with Gasteiger partial charge in [0.05, 0.1) is 23.3 Å². The molecule has 1 fully saturated rings. The molecule has 1 aromatic heterocycles. The zero-order valence-corrected chi connectivity index (χ0v) is 14.0. The van der Waals surface area contributed by atoms with E-state index < -0.39 is 0 Å². The minimum Gasteiger partial charge on any atom is -0.490 e. The highest BCUT2D eigenvalue weighted by Crippen LogP contribution is 2.38. The van der Waals surface area contributed by atoms with Crippen molar-refractivity contribution in [1.82, 2.24) is 15.3 Å². The summed E-state index contributed by atoms with van der Waals surface area (Å²) >= 11 is 12.4. The van der Waals surface area contributed by atoms with Gasteiger partial charge in [-0.15, -0.1) is 0 Å². The highest BCUT2D eigenvalue weighted by Gasteiger charge is 2.23. The molecule has 126 valence electrons. The maximum absolute atomic E-state index is 9.98. The first-order valence-electron chi connectivity index (χ1n) is 7.59. The van der Waals surface area contributed by atoms with Crippen molar-refractivity contribution in [1.29, 1.82) is 0 Å². The van der Waals surface area contributed by atoms with Crippen LogP contribution in [-0.2, 0) is 6.61 Å². The molecule has 1 aromatic carbocycles. The maximum atomic E-state index is 9.98. The number of benzene rings is 1. The Labute approximate surface area is 143 Å². The molecule has 2 atom stereocenters. The SMILES string of the molecule is OCc1nc2c(OCC[C@H]3CNCC[C@@H]3O)c(Cl)c(Cl)cc2[nH]1. The van der Waals surface area contributed by atoms with Crippen LogP contribution in [0.3, 0.4) is 0 Å². The molecule has 0 saturated carbocycles.